The van der Waals surface area contributed by atoms with Crippen LogP contribution in [0.25, 0.3) is 0 Å². The van der Waals surface area contributed by atoms with Gasteiger partial charge in [-0.2, -0.15) is 0 Å². The molecule has 1 heterocycles. The number of nitrogens with one attached hydrogen (secondary N) is 1. The summed E-state index contributed by atoms with van der Waals surface area (Å²) in [6.45, 7) is 3.06. The summed E-state index contributed by atoms with van der Waals surface area (Å²) in [4.78, 5) is 10.9. The van der Waals surface area contributed by atoms with E-state index in [1.54, 1.807) is 0 Å². The lowest BCUT2D eigenvalue weighted by atomic mass is 10.1. The van der Waals surface area contributed by atoms with Crippen molar-refractivity contribution >= 4 is 5.97 Å². The molecule has 1 N–H and O–H groups in total. The van der Waals surface area contributed by atoms with E-state index in [9.17, 15) is 4.79 Å². The van der Waals surface area contributed by atoms with E-state index in [1.807, 2.05) is 19.1 Å². The van der Waals surface area contributed by atoms with E-state index in [0.29, 0.717) is 6.54 Å². The van der Waals surface area contributed by atoms with Crippen molar-refractivity contribution in [3.63, 3.8) is 0 Å². The van der Waals surface area contributed by atoms with Gasteiger partial charge in [-0.25, -0.2) is 0 Å². The molecule has 0 atom stereocenters. The molecule has 0 bridgehead atoms. The fraction of sp³-hybridized carbons (Fsp3) is 0.417. The highest BCUT2D eigenvalue weighted by Gasteiger charge is 2.15. The van der Waals surface area contributed by atoms with E-state index in [0.717, 1.165) is 22.6 Å². The van der Waals surface area contributed by atoms with Crippen LogP contribution in [0.15, 0.2) is 12.1 Å². The molecule has 5 heteroatoms. The standard InChI is InChI=1S/C12H15NO4/c1-8-3-10-11(17-7-16-10)4-9(8)5-13-6-12(14)15-2/h3-4,13H,5-7H2,1-2H3. The first-order chi connectivity index (χ1) is 8.20. The summed E-state index contributed by atoms with van der Waals surface area (Å²) in [5.41, 5.74) is 2.18. The van der Waals surface area contributed by atoms with Gasteiger partial charge in [0.05, 0.1) is 13.7 Å². The first-order valence-electron chi connectivity index (χ1n) is 5.37. The van der Waals surface area contributed by atoms with E-state index in [4.69, 9.17) is 9.47 Å². The summed E-state index contributed by atoms with van der Waals surface area (Å²) in [5, 5.41) is 3.01. The highest BCUT2D eigenvalue weighted by molar-refractivity contribution is 5.71. The quantitative estimate of drug-likeness (QED) is 0.791. The Bertz CT molecular complexity index is 431. The average Bonchev–Trinajstić information content (AvgIpc) is 2.76. The summed E-state index contributed by atoms with van der Waals surface area (Å²) < 4.78 is 15.1. The van der Waals surface area contributed by atoms with Crippen molar-refractivity contribution < 1.29 is 19.0 Å². The molecule has 0 saturated carbocycles. The van der Waals surface area contributed by atoms with E-state index >= 15 is 0 Å². The lowest BCUT2D eigenvalue weighted by molar-refractivity contribution is -0.139. The summed E-state index contributed by atoms with van der Waals surface area (Å²) in [7, 11) is 1.37. The molecule has 0 aromatic heterocycles. The van der Waals surface area contributed by atoms with Gasteiger partial charge in [0.25, 0.3) is 0 Å². The average molecular weight is 237 g/mol. The Hall–Kier alpha value is -1.75. The minimum absolute atomic E-state index is 0.199. The zero-order valence-corrected chi connectivity index (χ0v) is 9.91. The number of hydrogen-bond acceptors (Lipinski definition) is 5. The Balaban J connectivity index is 1.99. The topological polar surface area (TPSA) is 56.8 Å². The summed E-state index contributed by atoms with van der Waals surface area (Å²) in [6.07, 6.45) is 0. The van der Waals surface area contributed by atoms with Gasteiger partial charge in [-0.15, -0.1) is 0 Å². The predicted molar refractivity (Wildman–Crippen MR) is 61.0 cm³/mol. The molecule has 1 aliphatic rings. The molecular formula is C12H15NO4. The van der Waals surface area contributed by atoms with Crippen molar-refractivity contribution in [1.82, 2.24) is 5.32 Å². The monoisotopic (exact) mass is 237 g/mol. The number of fused-ring (bicyclic) bond motifs is 1. The molecule has 1 aliphatic heterocycles. The number of carbonyl (C=O) groups is 1. The third kappa shape index (κ3) is 2.68. The second-order valence-corrected chi connectivity index (χ2v) is 3.81. The number of benzene rings is 1. The van der Waals surface area contributed by atoms with Crippen LogP contribution >= 0.6 is 0 Å². The van der Waals surface area contributed by atoms with Gasteiger partial charge in [0.1, 0.15) is 0 Å². The van der Waals surface area contributed by atoms with Gasteiger partial charge in [0.2, 0.25) is 6.79 Å². The number of carbonyl (C=O) groups excluding carboxylic acids is 1. The van der Waals surface area contributed by atoms with Gasteiger partial charge in [-0.1, -0.05) is 0 Å². The Morgan fingerprint density at radius 1 is 1.41 bits per heavy atom. The fourth-order valence-corrected chi connectivity index (χ4v) is 1.65. The normalized spacial score (nSPS) is 12.6. The van der Waals surface area contributed by atoms with Gasteiger partial charge in [0, 0.05) is 6.54 Å². The SMILES string of the molecule is COC(=O)CNCc1cc2c(cc1C)OCO2. The van der Waals surface area contributed by atoms with Crippen LogP contribution < -0.4 is 14.8 Å². The molecule has 0 spiro atoms. The van der Waals surface area contributed by atoms with Gasteiger partial charge in [-0.05, 0) is 30.2 Å². The number of methoxy groups -OCH3 is 1. The van der Waals surface area contributed by atoms with Crippen LogP contribution in [0.3, 0.4) is 0 Å². The molecule has 0 fully saturated rings. The fourth-order valence-electron chi connectivity index (χ4n) is 1.65. The van der Waals surface area contributed by atoms with Crippen LogP contribution in [-0.2, 0) is 16.1 Å². The minimum Gasteiger partial charge on any atom is -0.468 e. The van der Waals surface area contributed by atoms with Crippen LogP contribution in [-0.4, -0.2) is 26.4 Å². The molecule has 1 aromatic carbocycles. The Morgan fingerprint density at radius 2 is 2.12 bits per heavy atom. The highest BCUT2D eigenvalue weighted by Crippen LogP contribution is 2.34. The molecule has 0 amide bonds. The maximum Gasteiger partial charge on any atom is 0.319 e. The predicted octanol–water partition coefficient (Wildman–Crippen LogP) is 0.986. The van der Waals surface area contributed by atoms with Gasteiger partial charge in [0.15, 0.2) is 11.5 Å². The molecule has 0 saturated heterocycles. The Morgan fingerprint density at radius 3 is 2.82 bits per heavy atom. The van der Waals surface area contributed by atoms with Crippen LogP contribution in [0.1, 0.15) is 11.1 Å². The Labute approximate surface area is 99.7 Å². The van der Waals surface area contributed by atoms with Crippen molar-refractivity contribution in [2.24, 2.45) is 0 Å². The van der Waals surface area contributed by atoms with Crippen molar-refractivity contribution in [2.45, 2.75) is 13.5 Å². The highest BCUT2D eigenvalue weighted by atomic mass is 16.7. The number of esters is 1. The third-order valence-corrected chi connectivity index (χ3v) is 2.64. The maximum absolute atomic E-state index is 10.9. The van der Waals surface area contributed by atoms with Gasteiger partial charge >= 0.3 is 5.97 Å². The molecular weight excluding hydrogens is 222 g/mol. The molecule has 0 radical (unpaired) electrons. The van der Waals surface area contributed by atoms with Gasteiger partial charge < -0.3 is 19.5 Å². The van der Waals surface area contributed by atoms with Crippen molar-refractivity contribution in [1.29, 1.82) is 0 Å². The summed E-state index contributed by atoms with van der Waals surface area (Å²) in [5.74, 6) is 1.26. The maximum atomic E-state index is 10.9. The number of ether oxygens (including phenoxy) is 3. The third-order valence-electron chi connectivity index (χ3n) is 2.64. The summed E-state index contributed by atoms with van der Waals surface area (Å²) >= 11 is 0. The zero-order valence-electron chi connectivity index (χ0n) is 9.91. The smallest absolute Gasteiger partial charge is 0.319 e. The molecule has 0 unspecified atom stereocenters. The number of aryl methyl sites for hydroxylation is 1. The second kappa shape index (κ2) is 5.05. The lowest BCUT2D eigenvalue weighted by Crippen LogP contribution is -2.23. The van der Waals surface area contributed by atoms with Crippen LogP contribution in [0, 0.1) is 6.92 Å². The van der Waals surface area contributed by atoms with Crippen LogP contribution in [0.4, 0.5) is 0 Å². The molecule has 92 valence electrons. The van der Waals surface area contributed by atoms with Gasteiger partial charge in [-0.3, -0.25) is 4.79 Å². The van der Waals surface area contributed by atoms with E-state index in [1.165, 1.54) is 7.11 Å². The molecule has 0 aliphatic carbocycles. The van der Waals surface area contributed by atoms with Crippen LogP contribution in [0.5, 0.6) is 11.5 Å². The molecule has 2 rings (SSSR count). The molecule has 17 heavy (non-hydrogen) atoms. The van der Waals surface area contributed by atoms with Crippen LogP contribution in [0.2, 0.25) is 0 Å². The van der Waals surface area contributed by atoms with Crippen molar-refractivity contribution in [3.8, 4) is 11.5 Å². The first-order valence-corrected chi connectivity index (χ1v) is 5.37. The minimum atomic E-state index is -0.275. The second-order valence-electron chi connectivity index (χ2n) is 3.81. The lowest BCUT2D eigenvalue weighted by Gasteiger charge is -2.08. The number of hydrogen-bond donors (Lipinski definition) is 1. The van der Waals surface area contributed by atoms with E-state index in [2.05, 4.69) is 10.1 Å². The summed E-state index contributed by atoms with van der Waals surface area (Å²) in [6, 6.07) is 3.87. The van der Waals surface area contributed by atoms with Crippen molar-refractivity contribution in [3.05, 3.63) is 23.3 Å². The molecule has 5 nitrogen and oxygen atoms in total. The van der Waals surface area contributed by atoms with E-state index < -0.39 is 0 Å². The Kier molecular flexibility index (Phi) is 3.49. The molecule has 1 aromatic rings. The van der Waals surface area contributed by atoms with Crippen molar-refractivity contribution in [2.75, 3.05) is 20.4 Å². The number of rotatable bonds is 4. The largest absolute Gasteiger partial charge is 0.468 e. The first kappa shape index (κ1) is 11.7. The van der Waals surface area contributed by atoms with E-state index in [-0.39, 0.29) is 19.3 Å². The zero-order chi connectivity index (χ0) is 12.3.